The molecule has 1 aliphatic rings. The lowest BCUT2D eigenvalue weighted by atomic mass is 10.4. The molecule has 0 aromatic carbocycles. The Hall–Kier alpha value is -0.420. The van der Waals surface area contributed by atoms with Crippen molar-refractivity contribution in [3.8, 4) is 0 Å². The van der Waals surface area contributed by atoms with Crippen molar-refractivity contribution in [2.24, 2.45) is 4.99 Å². The molecule has 1 aliphatic heterocycles. The molecular formula is C4H7NO3S. The van der Waals surface area contributed by atoms with Crippen LogP contribution in [0, 0.1) is 0 Å². The molecule has 0 aliphatic carbocycles. The molecule has 0 amide bonds. The number of nitrogens with zero attached hydrogens (tertiary/aromatic N) is 1. The minimum atomic E-state index is -3.95. The van der Waals surface area contributed by atoms with Crippen LogP contribution in [0.25, 0.3) is 0 Å². The molecule has 0 fully saturated rings. The highest BCUT2D eigenvalue weighted by Crippen LogP contribution is 2.07. The van der Waals surface area contributed by atoms with Gasteiger partial charge in [0, 0.05) is 13.0 Å². The van der Waals surface area contributed by atoms with Gasteiger partial charge in [-0.1, -0.05) is 0 Å². The van der Waals surface area contributed by atoms with Crippen LogP contribution in [0.5, 0.6) is 0 Å². The maximum absolute atomic E-state index is 10.3. The van der Waals surface area contributed by atoms with Gasteiger partial charge in [-0.3, -0.25) is 9.55 Å². The molecule has 1 rings (SSSR count). The number of hydrogen-bond donors (Lipinski definition) is 1. The van der Waals surface area contributed by atoms with Crippen LogP contribution in [-0.2, 0) is 10.1 Å². The molecule has 52 valence electrons. The van der Waals surface area contributed by atoms with Crippen molar-refractivity contribution in [2.75, 3.05) is 6.54 Å². The summed E-state index contributed by atoms with van der Waals surface area (Å²) in [4.78, 5) is 3.59. The highest BCUT2D eigenvalue weighted by atomic mass is 32.2. The predicted octanol–water partition coefficient (Wildman–Crippen LogP) is 0.0665. The quantitative estimate of drug-likeness (QED) is 0.495. The molecule has 1 N–H and O–H groups in total. The topological polar surface area (TPSA) is 66.7 Å². The molecule has 1 heterocycles. The molecule has 0 aromatic heterocycles. The van der Waals surface area contributed by atoms with Gasteiger partial charge in [0.15, 0.2) is 5.04 Å². The lowest BCUT2D eigenvalue weighted by Gasteiger charge is -1.89. The second-order valence-electron chi connectivity index (χ2n) is 1.85. The third-order valence-corrected chi connectivity index (χ3v) is 2.06. The molecule has 4 nitrogen and oxygen atoms in total. The summed E-state index contributed by atoms with van der Waals surface area (Å²) in [5.74, 6) is 0. The first-order valence-electron chi connectivity index (χ1n) is 2.61. The van der Waals surface area contributed by atoms with E-state index in [0.29, 0.717) is 13.0 Å². The normalized spacial score (nSPS) is 19.9. The van der Waals surface area contributed by atoms with Crippen molar-refractivity contribution >= 4 is 15.2 Å². The fourth-order valence-electron chi connectivity index (χ4n) is 0.724. The lowest BCUT2D eigenvalue weighted by molar-refractivity contribution is 0.497. The summed E-state index contributed by atoms with van der Waals surface area (Å²) in [6, 6.07) is 0. The Morgan fingerprint density at radius 3 is 2.44 bits per heavy atom. The number of rotatable bonds is 0. The predicted molar refractivity (Wildman–Crippen MR) is 33.1 cm³/mol. The smallest absolute Gasteiger partial charge is 0.281 e. The van der Waals surface area contributed by atoms with Crippen molar-refractivity contribution in [1.82, 2.24) is 0 Å². The zero-order valence-corrected chi connectivity index (χ0v) is 5.56. The van der Waals surface area contributed by atoms with E-state index >= 15 is 0 Å². The molecule has 5 heteroatoms. The molecule has 9 heavy (non-hydrogen) atoms. The Balaban J connectivity index is 2.87. The summed E-state index contributed by atoms with van der Waals surface area (Å²) >= 11 is 0. The fourth-order valence-corrected chi connectivity index (χ4v) is 1.38. The van der Waals surface area contributed by atoms with Crippen LogP contribution in [0.15, 0.2) is 4.99 Å². The standard InChI is InChI=1S/C4H7NO3S/c6-9(7,8)4-2-1-3-5-4/h1-3H2,(H,6,7,8). The summed E-state index contributed by atoms with van der Waals surface area (Å²) in [5, 5.41) is -0.0671. The van der Waals surface area contributed by atoms with Gasteiger partial charge >= 0.3 is 10.1 Å². The molecule has 0 saturated carbocycles. The summed E-state index contributed by atoms with van der Waals surface area (Å²) < 4.78 is 28.9. The van der Waals surface area contributed by atoms with E-state index < -0.39 is 10.1 Å². The van der Waals surface area contributed by atoms with Gasteiger partial charge in [0.25, 0.3) is 0 Å². The van der Waals surface area contributed by atoms with Crippen LogP contribution in [0.1, 0.15) is 12.8 Å². The molecule has 0 saturated heterocycles. The number of hydrogen-bond acceptors (Lipinski definition) is 3. The highest BCUT2D eigenvalue weighted by molar-refractivity contribution is 8.01. The third-order valence-electron chi connectivity index (χ3n) is 1.13. The van der Waals surface area contributed by atoms with Gasteiger partial charge in [0.1, 0.15) is 0 Å². The molecule has 0 unspecified atom stereocenters. The Labute approximate surface area is 53.4 Å². The first-order chi connectivity index (χ1) is 4.11. The van der Waals surface area contributed by atoms with Gasteiger partial charge in [0.05, 0.1) is 0 Å². The van der Waals surface area contributed by atoms with E-state index in [1.54, 1.807) is 0 Å². The maximum Gasteiger partial charge on any atom is 0.307 e. The van der Waals surface area contributed by atoms with E-state index in [2.05, 4.69) is 4.99 Å². The van der Waals surface area contributed by atoms with Crippen LogP contribution >= 0.6 is 0 Å². The number of aliphatic imine (C=N–C) groups is 1. The van der Waals surface area contributed by atoms with Gasteiger partial charge in [-0.2, -0.15) is 8.42 Å². The van der Waals surface area contributed by atoms with Crippen molar-refractivity contribution < 1.29 is 13.0 Å². The second kappa shape index (κ2) is 2.07. The Morgan fingerprint density at radius 1 is 1.56 bits per heavy atom. The Bertz CT molecular complexity index is 228. The van der Waals surface area contributed by atoms with E-state index in [-0.39, 0.29) is 5.04 Å². The molecular weight excluding hydrogens is 142 g/mol. The third kappa shape index (κ3) is 1.49. The molecule has 0 atom stereocenters. The van der Waals surface area contributed by atoms with Gasteiger partial charge in [-0.25, -0.2) is 0 Å². The van der Waals surface area contributed by atoms with Gasteiger partial charge in [-0.15, -0.1) is 0 Å². The Morgan fingerprint density at radius 2 is 2.22 bits per heavy atom. The highest BCUT2D eigenvalue weighted by Gasteiger charge is 2.18. The van der Waals surface area contributed by atoms with Crippen molar-refractivity contribution in [2.45, 2.75) is 12.8 Å². The SMILES string of the molecule is O=S(=O)(O)C1=NCCC1. The van der Waals surface area contributed by atoms with E-state index in [9.17, 15) is 8.42 Å². The fraction of sp³-hybridized carbons (Fsp3) is 0.750. The minimum absolute atomic E-state index is 0.0671. The van der Waals surface area contributed by atoms with Crippen LogP contribution in [0.3, 0.4) is 0 Å². The van der Waals surface area contributed by atoms with Crippen molar-refractivity contribution in [3.05, 3.63) is 0 Å². The van der Waals surface area contributed by atoms with Crippen LogP contribution in [-0.4, -0.2) is 24.6 Å². The zero-order valence-electron chi connectivity index (χ0n) is 4.74. The van der Waals surface area contributed by atoms with E-state index in [0.717, 1.165) is 6.42 Å². The maximum atomic E-state index is 10.3. The summed E-state index contributed by atoms with van der Waals surface area (Å²) in [6.07, 6.45) is 1.12. The monoisotopic (exact) mass is 149 g/mol. The summed E-state index contributed by atoms with van der Waals surface area (Å²) in [7, 11) is -3.95. The van der Waals surface area contributed by atoms with Crippen LogP contribution in [0.2, 0.25) is 0 Å². The minimum Gasteiger partial charge on any atom is -0.281 e. The van der Waals surface area contributed by atoms with Crippen LogP contribution in [0.4, 0.5) is 0 Å². The lowest BCUT2D eigenvalue weighted by Crippen LogP contribution is -2.09. The average molecular weight is 149 g/mol. The van der Waals surface area contributed by atoms with Gasteiger partial charge in [-0.05, 0) is 6.42 Å². The van der Waals surface area contributed by atoms with E-state index in [4.69, 9.17) is 4.55 Å². The van der Waals surface area contributed by atoms with E-state index in [1.165, 1.54) is 0 Å². The largest absolute Gasteiger partial charge is 0.307 e. The molecule has 0 bridgehead atoms. The van der Waals surface area contributed by atoms with E-state index in [1.807, 2.05) is 0 Å². The first-order valence-corrected chi connectivity index (χ1v) is 4.05. The molecule has 0 radical (unpaired) electrons. The van der Waals surface area contributed by atoms with Crippen molar-refractivity contribution in [3.63, 3.8) is 0 Å². The van der Waals surface area contributed by atoms with Gasteiger partial charge < -0.3 is 0 Å². The zero-order chi connectivity index (χ0) is 6.91. The van der Waals surface area contributed by atoms with Crippen LogP contribution < -0.4 is 0 Å². The van der Waals surface area contributed by atoms with Gasteiger partial charge in [0.2, 0.25) is 0 Å². The molecule has 0 aromatic rings. The Kier molecular flexibility index (Phi) is 1.54. The average Bonchev–Trinajstić information content (AvgIpc) is 2.08. The van der Waals surface area contributed by atoms with Crippen molar-refractivity contribution in [1.29, 1.82) is 0 Å². The molecule has 0 spiro atoms. The summed E-state index contributed by atoms with van der Waals surface area (Å²) in [5.41, 5.74) is 0. The summed E-state index contributed by atoms with van der Waals surface area (Å²) in [6.45, 7) is 0.523. The second-order valence-corrected chi connectivity index (χ2v) is 3.28. The first kappa shape index (κ1) is 6.70.